The van der Waals surface area contributed by atoms with Gasteiger partial charge in [0, 0.05) is 12.4 Å². The summed E-state index contributed by atoms with van der Waals surface area (Å²) in [5.74, 6) is -0.596. The lowest BCUT2D eigenvalue weighted by atomic mass is 10.1. The second-order valence-electron chi connectivity index (χ2n) is 4.00. The molecule has 0 aromatic carbocycles. The monoisotopic (exact) mass is 236 g/mol. The Morgan fingerprint density at radius 3 is 2.65 bits per heavy atom. The van der Waals surface area contributed by atoms with E-state index >= 15 is 0 Å². The number of hydrogen-bond donors (Lipinski definition) is 2. The summed E-state index contributed by atoms with van der Waals surface area (Å²) in [6.07, 6.45) is 4.26. The molecular formula is C11H16N4O2. The maximum absolute atomic E-state index is 11.6. The number of aromatic nitrogens is 2. The molecular weight excluding hydrogens is 220 g/mol. The summed E-state index contributed by atoms with van der Waals surface area (Å²) in [6, 6.07) is -0.607. The van der Waals surface area contributed by atoms with Crippen molar-refractivity contribution in [3.63, 3.8) is 0 Å². The zero-order valence-corrected chi connectivity index (χ0v) is 9.88. The van der Waals surface area contributed by atoms with E-state index in [1.165, 1.54) is 18.6 Å². The maximum atomic E-state index is 11.6. The molecule has 0 saturated carbocycles. The Bertz CT molecular complexity index is 392. The number of ketones is 1. The van der Waals surface area contributed by atoms with Crippen molar-refractivity contribution in [2.24, 2.45) is 11.7 Å². The number of amides is 1. The molecule has 17 heavy (non-hydrogen) atoms. The average molecular weight is 236 g/mol. The van der Waals surface area contributed by atoms with Gasteiger partial charge < -0.3 is 11.1 Å². The molecule has 1 heterocycles. The molecule has 6 heteroatoms. The second-order valence-corrected chi connectivity index (χ2v) is 4.00. The molecule has 6 nitrogen and oxygen atoms in total. The predicted molar refractivity (Wildman–Crippen MR) is 62.2 cm³/mol. The number of carbonyl (C=O) groups is 2. The average Bonchev–Trinajstić information content (AvgIpc) is 2.35. The number of rotatable bonds is 5. The van der Waals surface area contributed by atoms with Crippen molar-refractivity contribution in [3.05, 3.63) is 24.3 Å². The van der Waals surface area contributed by atoms with Crippen molar-refractivity contribution in [2.45, 2.75) is 19.9 Å². The molecule has 0 radical (unpaired) electrons. The Labute approximate surface area is 99.6 Å². The van der Waals surface area contributed by atoms with Gasteiger partial charge in [-0.05, 0) is 5.92 Å². The lowest BCUT2D eigenvalue weighted by molar-refractivity contribution is -0.123. The lowest BCUT2D eigenvalue weighted by Crippen LogP contribution is -2.45. The Balaban J connectivity index is 2.47. The normalized spacial score (nSPS) is 12.2. The van der Waals surface area contributed by atoms with Crippen LogP contribution < -0.4 is 11.1 Å². The minimum absolute atomic E-state index is 0.0293. The highest BCUT2D eigenvalue weighted by atomic mass is 16.2. The number of nitrogens with zero attached hydrogens (tertiary/aromatic N) is 2. The van der Waals surface area contributed by atoms with Crippen LogP contribution in [0.2, 0.25) is 0 Å². The number of carbonyl (C=O) groups excluding carboxylic acids is 2. The molecule has 0 aliphatic heterocycles. The van der Waals surface area contributed by atoms with Gasteiger partial charge >= 0.3 is 0 Å². The Morgan fingerprint density at radius 2 is 2.12 bits per heavy atom. The molecule has 0 bridgehead atoms. The third-order valence-corrected chi connectivity index (χ3v) is 2.29. The van der Waals surface area contributed by atoms with Crippen molar-refractivity contribution in [2.75, 3.05) is 6.54 Å². The standard InChI is InChI=1S/C11H16N4O2/c1-7(2)10(12)11(17)15-6-9(16)8-5-13-3-4-14-8/h3-5,7,10H,6,12H2,1-2H3,(H,15,17). The van der Waals surface area contributed by atoms with Crippen LogP contribution in [-0.2, 0) is 4.79 Å². The highest BCUT2D eigenvalue weighted by molar-refractivity contribution is 5.98. The summed E-state index contributed by atoms with van der Waals surface area (Å²) in [5.41, 5.74) is 5.86. The molecule has 3 N–H and O–H groups in total. The largest absolute Gasteiger partial charge is 0.347 e. The Hall–Kier alpha value is -1.82. The van der Waals surface area contributed by atoms with Crippen molar-refractivity contribution in [1.29, 1.82) is 0 Å². The highest BCUT2D eigenvalue weighted by Gasteiger charge is 2.18. The first kappa shape index (κ1) is 13.2. The summed E-state index contributed by atoms with van der Waals surface area (Å²) in [4.78, 5) is 30.7. The topological polar surface area (TPSA) is 98.0 Å². The minimum atomic E-state index is -0.607. The van der Waals surface area contributed by atoms with Crippen LogP contribution in [0.4, 0.5) is 0 Å². The van der Waals surface area contributed by atoms with Gasteiger partial charge in [0.05, 0.1) is 18.8 Å². The van der Waals surface area contributed by atoms with Gasteiger partial charge in [0.15, 0.2) is 0 Å². The van der Waals surface area contributed by atoms with Crippen molar-refractivity contribution in [3.8, 4) is 0 Å². The van der Waals surface area contributed by atoms with Crippen molar-refractivity contribution < 1.29 is 9.59 Å². The summed E-state index contributed by atoms with van der Waals surface area (Å²) in [6.45, 7) is 3.57. The molecule has 0 spiro atoms. The molecule has 1 atom stereocenters. The zero-order chi connectivity index (χ0) is 12.8. The number of Topliss-reactive ketones (excluding diaryl/α,β-unsaturated/α-hetero) is 1. The second kappa shape index (κ2) is 6.05. The van der Waals surface area contributed by atoms with E-state index in [1.807, 2.05) is 13.8 Å². The van der Waals surface area contributed by atoms with Crippen LogP contribution in [0.25, 0.3) is 0 Å². The number of nitrogens with two attached hydrogens (primary N) is 1. The molecule has 1 unspecified atom stereocenters. The fraction of sp³-hybridized carbons (Fsp3) is 0.455. The third kappa shape index (κ3) is 3.92. The molecule has 1 aromatic rings. The molecule has 0 saturated heterocycles. The van der Waals surface area contributed by atoms with Crippen LogP contribution in [0, 0.1) is 5.92 Å². The van der Waals surface area contributed by atoms with E-state index in [2.05, 4.69) is 15.3 Å². The van der Waals surface area contributed by atoms with Crippen LogP contribution in [0.1, 0.15) is 24.3 Å². The maximum Gasteiger partial charge on any atom is 0.237 e. The van der Waals surface area contributed by atoms with Crippen LogP contribution in [0.15, 0.2) is 18.6 Å². The SMILES string of the molecule is CC(C)C(N)C(=O)NCC(=O)c1cnccn1. The van der Waals surface area contributed by atoms with E-state index < -0.39 is 6.04 Å². The van der Waals surface area contributed by atoms with Crippen molar-refractivity contribution >= 4 is 11.7 Å². The third-order valence-electron chi connectivity index (χ3n) is 2.29. The molecule has 0 fully saturated rings. The van der Waals surface area contributed by atoms with Gasteiger partial charge in [0.25, 0.3) is 0 Å². The Morgan fingerprint density at radius 1 is 1.41 bits per heavy atom. The van der Waals surface area contributed by atoms with Crippen LogP contribution in [-0.4, -0.2) is 34.2 Å². The summed E-state index contributed by atoms with van der Waals surface area (Å²) >= 11 is 0. The quantitative estimate of drug-likeness (QED) is 0.687. The van der Waals surface area contributed by atoms with E-state index in [1.54, 1.807) is 0 Å². The summed E-state index contributed by atoms with van der Waals surface area (Å²) in [7, 11) is 0. The summed E-state index contributed by atoms with van der Waals surface area (Å²) in [5, 5.41) is 2.48. The number of nitrogens with one attached hydrogen (secondary N) is 1. The van der Waals surface area contributed by atoms with Gasteiger partial charge in [0.2, 0.25) is 11.7 Å². The van der Waals surface area contributed by atoms with Gasteiger partial charge in [-0.15, -0.1) is 0 Å². The van der Waals surface area contributed by atoms with E-state index in [0.717, 1.165) is 0 Å². The fourth-order valence-corrected chi connectivity index (χ4v) is 1.12. The highest BCUT2D eigenvalue weighted by Crippen LogP contribution is 1.98. The fourth-order valence-electron chi connectivity index (χ4n) is 1.12. The molecule has 1 aromatic heterocycles. The molecule has 1 rings (SSSR count). The molecule has 0 aliphatic carbocycles. The molecule has 92 valence electrons. The van der Waals surface area contributed by atoms with Gasteiger partial charge in [0.1, 0.15) is 5.69 Å². The number of hydrogen-bond acceptors (Lipinski definition) is 5. The van der Waals surface area contributed by atoms with Gasteiger partial charge in [-0.3, -0.25) is 14.6 Å². The summed E-state index contributed by atoms with van der Waals surface area (Å²) < 4.78 is 0. The Kier molecular flexibility index (Phi) is 4.71. The van der Waals surface area contributed by atoms with E-state index in [4.69, 9.17) is 5.73 Å². The van der Waals surface area contributed by atoms with Crippen LogP contribution in [0.3, 0.4) is 0 Å². The minimum Gasteiger partial charge on any atom is -0.347 e. The molecule has 1 amide bonds. The lowest BCUT2D eigenvalue weighted by Gasteiger charge is -2.14. The van der Waals surface area contributed by atoms with Gasteiger partial charge in [-0.25, -0.2) is 4.98 Å². The van der Waals surface area contributed by atoms with Gasteiger partial charge in [-0.1, -0.05) is 13.8 Å². The van der Waals surface area contributed by atoms with E-state index in [0.29, 0.717) is 0 Å². The van der Waals surface area contributed by atoms with Gasteiger partial charge in [-0.2, -0.15) is 0 Å². The first-order chi connectivity index (χ1) is 8.02. The predicted octanol–water partition coefficient (Wildman–Crippen LogP) is -0.241. The van der Waals surface area contributed by atoms with Crippen molar-refractivity contribution in [1.82, 2.24) is 15.3 Å². The van der Waals surface area contributed by atoms with Crippen LogP contribution >= 0.6 is 0 Å². The first-order valence-electron chi connectivity index (χ1n) is 5.35. The van der Waals surface area contributed by atoms with Crippen LogP contribution in [0.5, 0.6) is 0 Å². The van der Waals surface area contributed by atoms with E-state index in [-0.39, 0.29) is 29.8 Å². The van der Waals surface area contributed by atoms with E-state index in [9.17, 15) is 9.59 Å². The zero-order valence-electron chi connectivity index (χ0n) is 9.88. The smallest absolute Gasteiger partial charge is 0.237 e. The molecule has 0 aliphatic rings. The first-order valence-corrected chi connectivity index (χ1v) is 5.35.